The molecule has 0 aromatic rings. The molecule has 0 aromatic carbocycles. The van der Waals surface area contributed by atoms with Gasteiger partial charge in [-0.3, -0.25) is 0 Å². The molecule has 0 amide bonds. The minimum absolute atomic E-state index is 0.942. The summed E-state index contributed by atoms with van der Waals surface area (Å²) < 4.78 is 0. The molecular formula is C23H44. The fraction of sp³-hybridized carbons (Fsp3) is 1.00. The lowest BCUT2D eigenvalue weighted by Crippen LogP contribution is -2.31. The van der Waals surface area contributed by atoms with Crippen molar-refractivity contribution in [3.63, 3.8) is 0 Å². The highest BCUT2D eigenvalue weighted by Gasteiger charge is 2.34. The smallest absolute Gasteiger partial charge is 0.0363 e. The summed E-state index contributed by atoms with van der Waals surface area (Å²) in [6.07, 6.45) is 13.4. The Morgan fingerprint density at radius 1 is 0.696 bits per heavy atom. The van der Waals surface area contributed by atoms with Crippen molar-refractivity contribution in [2.24, 2.45) is 47.3 Å². The molecule has 0 N–H and O–H groups in total. The predicted molar refractivity (Wildman–Crippen MR) is 104 cm³/mol. The van der Waals surface area contributed by atoms with Crippen molar-refractivity contribution in [1.82, 2.24) is 0 Å². The maximum atomic E-state index is 2.55. The van der Waals surface area contributed by atoms with E-state index in [1.165, 1.54) is 51.4 Å². The van der Waals surface area contributed by atoms with Gasteiger partial charge in [-0.05, 0) is 79.4 Å². The number of rotatable bonds is 6. The van der Waals surface area contributed by atoms with Crippen molar-refractivity contribution in [1.29, 1.82) is 0 Å². The predicted octanol–water partition coefficient (Wildman–Crippen LogP) is 7.57. The van der Waals surface area contributed by atoms with Gasteiger partial charge in [0, 0.05) is 0 Å². The molecule has 0 saturated heterocycles. The summed E-state index contributed by atoms with van der Waals surface area (Å²) in [5, 5.41) is 0. The first-order chi connectivity index (χ1) is 11.0. The molecule has 2 aliphatic rings. The van der Waals surface area contributed by atoms with Crippen LogP contribution in [-0.4, -0.2) is 0 Å². The molecule has 2 aliphatic carbocycles. The Kier molecular flexibility index (Phi) is 7.49. The van der Waals surface area contributed by atoms with Gasteiger partial charge in [-0.25, -0.2) is 0 Å². The Labute approximate surface area is 147 Å². The van der Waals surface area contributed by atoms with Gasteiger partial charge in [0.1, 0.15) is 0 Å². The van der Waals surface area contributed by atoms with Gasteiger partial charge in [0.25, 0.3) is 0 Å². The van der Waals surface area contributed by atoms with Crippen LogP contribution in [0.4, 0.5) is 0 Å². The summed E-state index contributed by atoms with van der Waals surface area (Å²) in [6.45, 7) is 14.8. The zero-order valence-corrected chi connectivity index (χ0v) is 17.0. The molecular weight excluding hydrogens is 276 g/mol. The van der Waals surface area contributed by atoms with Crippen LogP contribution in [0.25, 0.3) is 0 Å². The Bertz CT molecular complexity index is 301. The van der Waals surface area contributed by atoms with Crippen molar-refractivity contribution < 1.29 is 0 Å². The quantitative estimate of drug-likeness (QED) is 0.473. The molecule has 0 nitrogen and oxygen atoms in total. The zero-order valence-electron chi connectivity index (χ0n) is 17.0. The molecule has 0 heterocycles. The molecule has 0 bridgehead atoms. The van der Waals surface area contributed by atoms with Crippen molar-refractivity contribution in [3.8, 4) is 0 Å². The van der Waals surface area contributed by atoms with Crippen LogP contribution >= 0.6 is 0 Å². The van der Waals surface area contributed by atoms with Crippen LogP contribution in [0.15, 0.2) is 0 Å². The molecule has 0 aliphatic heterocycles. The van der Waals surface area contributed by atoms with Gasteiger partial charge in [0.2, 0.25) is 0 Å². The highest BCUT2D eigenvalue weighted by atomic mass is 14.4. The largest absolute Gasteiger partial charge is 0.0651 e. The topological polar surface area (TPSA) is 0 Å². The first-order valence-corrected chi connectivity index (χ1v) is 11.0. The average molecular weight is 321 g/mol. The Morgan fingerprint density at radius 3 is 1.39 bits per heavy atom. The van der Waals surface area contributed by atoms with Crippen LogP contribution < -0.4 is 0 Å². The summed E-state index contributed by atoms with van der Waals surface area (Å²) in [7, 11) is 0. The molecule has 0 aromatic heterocycles. The molecule has 0 spiro atoms. The van der Waals surface area contributed by atoms with Crippen LogP contribution in [0.3, 0.4) is 0 Å². The SMILES string of the molecule is CCC(C)C1CCC(CC2CCC(C(C)CC)C(C)C2)CC1C. The highest BCUT2D eigenvalue weighted by Crippen LogP contribution is 2.45. The first kappa shape index (κ1) is 19.3. The van der Waals surface area contributed by atoms with Crippen LogP contribution in [-0.2, 0) is 0 Å². The molecule has 2 saturated carbocycles. The van der Waals surface area contributed by atoms with Gasteiger partial charge in [-0.2, -0.15) is 0 Å². The minimum atomic E-state index is 0.942. The first-order valence-electron chi connectivity index (χ1n) is 11.0. The summed E-state index contributed by atoms with van der Waals surface area (Å²) in [6, 6.07) is 0. The normalized spacial score (nSPS) is 41.5. The van der Waals surface area contributed by atoms with E-state index in [9.17, 15) is 0 Å². The molecule has 8 atom stereocenters. The summed E-state index contributed by atoms with van der Waals surface area (Å²) in [5.41, 5.74) is 0. The minimum Gasteiger partial charge on any atom is -0.0651 e. The lowest BCUT2D eigenvalue weighted by Gasteiger charge is -2.41. The van der Waals surface area contributed by atoms with Crippen molar-refractivity contribution in [3.05, 3.63) is 0 Å². The molecule has 23 heavy (non-hydrogen) atoms. The van der Waals surface area contributed by atoms with Crippen LogP contribution in [0, 0.1) is 47.3 Å². The third-order valence-electron chi connectivity index (χ3n) is 8.10. The van der Waals surface area contributed by atoms with E-state index in [1.54, 1.807) is 6.42 Å². The number of hydrogen-bond acceptors (Lipinski definition) is 0. The fourth-order valence-electron chi connectivity index (χ4n) is 6.26. The van der Waals surface area contributed by atoms with E-state index in [0.29, 0.717) is 0 Å². The standard InChI is InChI=1S/C23H44/c1-7-16(3)22-11-9-20(13-18(22)5)15-21-10-12-23(17(4)8-2)19(6)14-21/h16-23H,7-15H2,1-6H3. The molecule has 8 unspecified atom stereocenters. The van der Waals surface area contributed by atoms with Crippen LogP contribution in [0.2, 0.25) is 0 Å². The molecule has 136 valence electrons. The van der Waals surface area contributed by atoms with Gasteiger partial charge in [0.05, 0.1) is 0 Å². The van der Waals surface area contributed by atoms with Crippen molar-refractivity contribution >= 4 is 0 Å². The van der Waals surface area contributed by atoms with E-state index in [1.807, 2.05) is 0 Å². The molecule has 0 heteroatoms. The van der Waals surface area contributed by atoms with Crippen LogP contribution in [0.1, 0.15) is 99.3 Å². The third-order valence-corrected chi connectivity index (χ3v) is 8.10. The van der Waals surface area contributed by atoms with E-state index in [2.05, 4.69) is 41.5 Å². The second-order valence-corrected chi connectivity index (χ2v) is 9.65. The summed E-state index contributed by atoms with van der Waals surface area (Å²) >= 11 is 0. The summed E-state index contributed by atoms with van der Waals surface area (Å²) in [4.78, 5) is 0. The van der Waals surface area contributed by atoms with Gasteiger partial charge in [-0.15, -0.1) is 0 Å². The second-order valence-electron chi connectivity index (χ2n) is 9.65. The van der Waals surface area contributed by atoms with E-state index in [4.69, 9.17) is 0 Å². The Hall–Kier alpha value is 0. The van der Waals surface area contributed by atoms with Gasteiger partial charge < -0.3 is 0 Å². The van der Waals surface area contributed by atoms with E-state index in [0.717, 1.165) is 47.3 Å². The Balaban J connectivity index is 1.79. The lowest BCUT2D eigenvalue weighted by atomic mass is 9.64. The lowest BCUT2D eigenvalue weighted by molar-refractivity contribution is 0.0925. The van der Waals surface area contributed by atoms with Gasteiger partial charge >= 0.3 is 0 Å². The van der Waals surface area contributed by atoms with Crippen molar-refractivity contribution in [2.75, 3.05) is 0 Å². The van der Waals surface area contributed by atoms with E-state index in [-0.39, 0.29) is 0 Å². The van der Waals surface area contributed by atoms with Crippen molar-refractivity contribution in [2.45, 2.75) is 99.3 Å². The third kappa shape index (κ3) is 4.99. The molecule has 0 radical (unpaired) electrons. The monoisotopic (exact) mass is 320 g/mol. The van der Waals surface area contributed by atoms with E-state index < -0.39 is 0 Å². The zero-order chi connectivity index (χ0) is 17.0. The number of hydrogen-bond donors (Lipinski definition) is 0. The second kappa shape index (κ2) is 8.91. The van der Waals surface area contributed by atoms with E-state index >= 15 is 0 Å². The Morgan fingerprint density at radius 2 is 1.09 bits per heavy atom. The van der Waals surface area contributed by atoms with Gasteiger partial charge in [-0.1, -0.05) is 67.2 Å². The average Bonchev–Trinajstić information content (AvgIpc) is 2.54. The van der Waals surface area contributed by atoms with Gasteiger partial charge in [0.15, 0.2) is 0 Å². The maximum Gasteiger partial charge on any atom is -0.0363 e. The maximum absolute atomic E-state index is 2.55. The van der Waals surface area contributed by atoms with Crippen LogP contribution in [0.5, 0.6) is 0 Å². The summed E-state index contributed by atoms with van der Waals surface area (Å²) in [5.74, 6) is 7.93. The molecule has 2 rings (SSSR count). The fourth-order valence-corrected chi connectivity index (χ4v) is 6.26. The molecule has 2 fully saturated rings. The highest BCUT2D eigenvalue weighted by molar-refractivity contribution is 4.85.